The van der Waals surface area contributed by atoms with E-state index in [4.69, 9.17) is 9.47 Å². The Morgan fingerprint density at radius 3 is 1.50 bits per heavy atom. The van der Waals surface area contributed by atoms with Crippen molar-refractivity contribution in [1.82, 2.24) is 10.6 Å². The lowest BCUT2D eigenvalue weighted by atomic mass is 9.92. The second-order valence-corrected chi connectivity index (χ2v) is 15.4. The highest BCUT2D eigenvalue weighted by Crippen LogP contribution is 2.43. The Bertz CT molecular complexity index is 2550. The van der Waals surface area contributed by atoms with E-state index in [0.717, 1.165) is 0 Å². The number of aromatic hydroxyl groups is 2. The minimum atomic E-state index is -0.802. The average Bonchev–Trinajstić information content (AvgIpc) is 3.82. The van der Waals surface area contributed by atoms with Gasteiger partial charge in [-0.1, -0.05) is 48.5 Å². The van der Waals surface area contributed by atoms with Gasteiger partial charge in [0.15, 0.2) is 5.78 Å². The van der Waals surface area contributed by atoms with E-state index in [9.17, 15) is 38.5 Å². The summed E-state index contributed by atoms with van der Waals surface area (Å²) in [4.78, 5) is 41.7. The van der Waals surface area contributed by atoms with Gasteiger partial charge in [0.1, 0.15) is 34.6 Å². The lowest BCUT2D eigenvalue weighted by Gasteiger charge is -2.28. The number of hydrogen-bond donors (Lipinski definition) is 5. The quantitative estimate of drug-likeness (QED) is 0.0677. The summed E-state index contributed by atoms with van der Waals surface area (Å²) in [7, 11) is 3.03. The van der Waals surface area contributed by atoms with E-state index in [1.54, 1.807) is 46.2 Å². The van der Waals surface area contributed by atoms with Crippen molar-refractivity contribution in [1.29, 1.82) is 0 Å². The van der Waals surface area contributed by atoms with Gasteiger partial charge in [0.2, 0.25) is 0 Å². The molecule has 4 amide bonds. The van der Waals surface area contributed by atoms with Crippen LogP contribution in [0.3, 0.4) is 0 Å². The van der Waals surface area contributed by atoms with Crippen molar-refractivity contribution in [2.75, 3.05) is 24.0 Å². The summed E-state index contributed by atoms with van der Waals surface area (Å²) >= 11 is 0. The maximum absolute atomic E-state index is 13.2. The van der Waals surface area contributed by atoms with E-state index in [1.165, 1.54) is 62.8 Å². The van der Waals surface area contributed by atoms with Crippen LogP contribution in [0.2, 0.25) is 0 Å². The topological polar surface area (TPSA) is 161 Å². The number of methoxy groups -OCH3 is 2. The standard InChI is InChI=1S/C25H25FN2O4.C25H23FN2O4/c2*1-32-19-11-12-20(23(30)15-19)24-21(13-14-22(29)16-7-9-17(26)10-8-16)27-25(31)28(24)18-5-3-2-4-6-18/h2-12,15,21-22,24,29-30H,13-14H2,1H3,(H,27,31);2-12,15,21,24,30H,13-14H2,1H3,(H,27,31)/t21-,22-,24+;21-,24+/m00/s1. The fourth-order valence-corrected chi connectivity index (χ4v) is 8.19. The summed E-state index contributed by atoms with van der Waals surface area (Å²) in [6, 6.07) is 37.1. The zero-order valence-electron chi connectivity index (χ0n) is 35.1. The van der Waals surface area contributed by atoms with Crippen molar-refractivity contribution in [3.63, 3.8) is 0 Å². The van der Waals surface area contributed by atoms with Gasteiger partial charge in [0.05, 0.1) is 44.5 Å². The lowest BCUT2D eigenvalue weighted by molar-refractivity contribution is 0.0975. The number of halogens is 2. The van der Waals surface area contributed by atoms with E-state index in [-0.39, 0.29) is 47.6 Å². The van der Waals surface area contributed by atoms with Gasteiger partial charge in [-0.05, 0) is 110 Å². The number of benzene rings is 6. The number of phenolic OH excluding ortho intramolecular Hbond substituents is 2. The monoisotopic (exact) mass is 870 g/mol. The number of nitrogens with zero attached hydrogens (tertiary/aromatic N) is 2. The fraction of sp³-hybridized carbons (Fsp3) is 0.220. The zero-order chi connectivity index (χ0) is 45.3. The Morgan fingerprint density at radius 2 is 1.06 bits per heavy atom. The number of ketones is 1. The van der Waals surface area contributed by atoms with Gasteiger partial charge in [-0.25, -0.2) is 18.4 Å². The number of nitrogens with one attached hydrogen (secondary N) is 2. The first-order chi connectivity index (χ1) is 30.9. The predicted molar refractivity (Wildman–Crippen MR) is 238 cm³/mol. The minimum Gasteiger partial charge on any atom is -0.507 e. The lowest BCUT2D eigenvalue weighted by Crippen LogP contribution is -2.29. The van der Waals surface area contributed by atoms with Gasteiger partial charge in [-0.15, -0.1) is 0 Å². The molecule has 2 saturated heterocycles. The molecule has 0 spiro atoms. The molecule has 14 heteroatoms. The summed E-state index contributed by atoms with van der Waals surface area (Å²) in [5, 5.41) is 37.9. The van der Waals surface area contributed by atoms with Gasteiger partial charge in [-0.3, -0.25) is 14.6 Å². The van der Waals surface area contributed by atoms with Crippen molar-refractivity contribution < 1.29 is 48.0 Å². The molecule has 2 fully saturated rings. The number of phenols is 2. The molecule has 0 saturated carbocycles. The highest BCUT2D eigenvalue weighted by Gasteiger charge is 2.44. The molecule has 2 aliphatic rings. The van der Waals surface area contributed by atoms with Crippen LogP contribution >= 0.6 is 0 Å². The van der Waals surface area contributed by atoms with Crippen molar-refractivity contribution in [2.24, 2.45) is 0 Å². The summed E-state index contributed by atoms with van der Waals surface area (Å²) in [5.41, 5.74) is 3.53. The molecule has 12 nitrogen and oxygen atoms in total. The molecule has 64 heavy (non-hydrogen) atoms. The molecule has 0 bridgehead atoms. The summed E-state index contributed by atoms with van der Waals surface area (Å²) < 4.78 is 36.7. The molecular weight excluding hydrogens is 823 g/mol. The predicted octanol–water partition coefficient (Wildman–Crippen LogP) is 9.54. The molecule has 5 atom stereocenters. The fourth-order valence-electron chi connectivity index (χ4n) is 8.19. The second-order valence-electron chi connectivity index (χ2n) is 15.4. The van der Waals surface area contributed by atoms with Crippen LogP contribution in [0.5, 0.6) is 23.0 Å². The zero-order valence-corrected chi connectivity index (χ0v) is 35.1. The largest absolute Gasteiger partial charge is 0.507 e. The van der Waals surface area contributed by atoms with E-state index >= 15 is 0 Å². The Morgan fingerprint density at radius 1 is 0.625 bits per heavy atom. The number of Topliss-reactive ketones (excluding diaryl/α,β-unsaturated/α-hetero) is 1. The SMILES string of the molecule is COc1ccc([C@@H]2[C@H](CCC(=O)c3ccc(F)cc3)NC(=O)N2c2ccccc2)c(O)c1.COc1ccc([C@@H]2[C@H](CC[C@H](O)c3ccc(F)cc3)NC(=O)N2c2ccccc2)c(O)c1. The van der Waals surface area contributed by atoms with Crippen LogP contribution in [0.25, 0.3) is 0 Å². The van der Waals surface area contributed by atoms with E-state index in [2.05, 4.69) is 10.6 Å². The molecule has 330 valence electrons. The molecule has 8 rings (SSSR count). The highest BCUT2D eigenvalue weighted by atomic mass is 19.1. The van der Waals surface area contributed by atoms with Crippen molar-refractivity contribution in [3.8, 4) is 23.0 Å². The van der Waals surface area contributed by atoms with Crippen molar-refractivity contribution in [2.45, 2.75) is 56.0 Å². The molecule has 2 aliphatic heterocycles. The highest BCUT2D eigenvalue weighted by molar-refractivity contribution is 5.98. The number of urea groups is 2. The molecule has 6 aromatic rings. The third-order valence-corrected chi connectivity index (χ3v) is 11.4. The number of rotatable bonds is 14. The number of carbonyl (C=O) groups excluding carboxylic acids is 3. The van der Waals surface area contributed by atoms with Crippen LogP contribution in [0.1, 0.15) is 70.9 Å². The van der Waals surface area contributed by atoms with E-state index in [1.807, 2.05) is 60.7 Å². The number of aliphatic hydroxyl groups is 1. The Balaban J connectivity index is 0.000000191. The summed E-state index contributed by atoms with van der Waals surface area (Å²) in [6.45, 7) is 0. The molecule has 5 N–H and O–H groups in total. The third-order valence-electron chi connectivity index (χ3n) is 11.4. The molecule has 0 aromatic heterocycles. The smallest absolute Gasteiger partial charge is 0.322 e. The number of amides is 4. The molecule has 0 unspecified atom stereocenters. The van der Waals surface area contributed by atoms with Crippen LogP contribution < -0.4 is 29.9 Å². The van der Waals surface area contributed by atoms with Gasteiger partial charge in [0, 0.05) is 46.6 Å². The summed E-state index contributed by atoms with van der Waals surface area (Å²) in [6.07, 6.45) is 0.508. The number of carbonyl (C=O) groups is 3. The normalized spacial score (nSPS) is 18.4. The Hall–Kier alpha value is -7.45. The first-order valence-corrected chi connectivity index (χ1v) is 20.7. The Labute approximate surface area is 369 Å². The van der Waals surface area contributed by atoms with E-state index in [0.29, 0.717) is 64.4 Å². The molecule has 6 aromatic carbocycles. The van der Waals surface area contributed by atoms with Crippen LogP contribution in [0.4, 0.5) is 29.7 Å². The second kappa shape index (κ2) is 20.2. The Kier molecular flexibility index (Phi) is 14.0. The minimum absolute atomic E-state index is 0.00152. The third kappa shape index (κ3) is 10.1. The van der Waals surface area contributed by atoms with Crippen LogP contribution in [0.15, 0.2) is 146 Å². The van der Waals surface area contributed by atoms with Gasteiger partial charge >= 0.3 is 12.1 Å². The number of ether oxygens (including phenoxy) is 2. The van der Waals surface area contributed by atoms with Gasteiger partial charge < -0.3 is 35.4 Å². The maximum Gasteiger partial charge on any atom is 0.322 e. The average molecular weight is 871 g/mol. The van der Waals surface area contributed by atoms with Gasteiger partial charge in [0.25, 0.3) is 0 Å². The first kappa shape index (κ1) is 44.6. The number of hydrogen-bond acceptors (Lipinski definition) is 8. The molecular formula is C50H48F2N4O8. The van der Waals surface area contributed by atoms with Crippen molar-refractivity contribution in [3.05, 3.63) is 179 Å². The molecule has 0 radical (unpaired) electrons. The number of aliphatic hydroxyl groups excluding tert-OH is 1. The van der Waals surface area contributed by atoms with E-state index < -0.39 is 30.0 Å². The number of para-hydroxylation sites is 2. The number of anilines is 2. The van der Waals surface area contributed by atoms with Crippen LogP contribution in [-0.4, -0.2) is 59.5 Å². The van der Waals surface area contributed by atoms with Crippen LogP contribution in [-0.2, 0) is 0 Å². The van der Waals surface area contributed by atoms with Gasteiger partial charge in [-0.2, -0.15) is 0 Å². The van der Waals surface area contributed by atoms with Crippen molar-refractivity contribution >= 4 is 29.2 Å². The van der Waals surface area contributed by atoms with Crippen LogP contribution in [0, 0.1) is 11.6 Å². The molecule has 2 heterocycles. The summed E-state index contributed by atoms with van der Waals surface area (Å²) in [5.74, 6) is 0.124. The first-order valence-electron chi connectivity index (χ1n) is 20.7. The molecule has 0 aliphatic carbocycles. The maximum atomic E-state index is 13.2.